The van der Waals surface area contributed by atoms with Crippen LogP contribution in [0, 0.1) is 0 Å². The van der Waals surface area contributed by atoms with E-state index >= 15 is 0 Å². The molecule has 0 unspecified atom stereocenters. The highest BCUT2D eigenvalue weighted by atomic mass is 16.5. The van der Waals surface area contributed by atoms with E-state index in [-0.39, 0.29) is 5.91 Å². The molecule has 7 heteroatoms. The number of hydrogen-bond donors (Lipinski definition) is 0. The molecule has 0 aliphatic carbocycles. The van der Waals surface area contributed by atoms with Crippen molar-refractivity contribution in [3.8, 4) is 17.2 Å². The number of carbonyl (C=O) groups is 1. The topological polar surface area (TPSA) is 54.5 Å². The molecular formula is C22H29N3O4. The van der Waals surface area contributed by atoms with E-state index < -0.39 is 0 Å². The Kier molecular flexibility index (Phi) is 6.36. The average molecular weight is 399 g/mol. The fourth-order valence-corrected chi connectivity index (χ4v) is 3.52. The second kappa shape index (κ2) is 8.94. The molecule has 0 N–H and O–H groups in total. The van der Waals surface area contributed by atoms with E-state index in [1.54, 1.807) is 33.5 Å². The molecule has 7 nitrogen and oxygen atoms in total. The lowest BCUT2D eigenvalue weighted by atomic mass is 10.1. The van der Waals surface area contributed by atoms with Crippen LogP contribution in [0.15, 0.2) is 36.4 Å². The van der Waals surface area contributed by atoms with Gasteiger partial charge >= 0.3 is 0 Å². The number of carbonyl (C=O) groups excluding carboxylic acids is 1. The molecule has 1 saturated heterocycles. The first-order valence-electron chi connectivity index (χ1n) is 9.60. The van der Waals surface area contributed by atoms with Gasteiger partial charge in [-0.25, -0.2) is 0 Å². The number of benzene rings is 2. The lowest BCUT2D eigenvalue weighted by Crippen LogP contribution is -2.48. The Hall–Kier alpha value is -3.09. The first-order valence-corrected chi connectivity index (χ1v) is 9.60. The van der Waals surface area contributed by atoms with E-state index in [0.717, 1.165) is 13.1 Å². The van der Waals surface area contributed by atoms with E-state index in [1.807, 2.05) is 19.0 Å². The van der Waals surface area contributed by atoms with E-state index in [1.165, 1.54) is 11.4 Å². The molecule has 2 aromatic carbocycles. The first-order chi connectivity index (χ1) is 14.0. The number of piperazine rings is 1. The van der Waals surface area contributed by atoms with Crippen LogP contribution in [0.4, 0.5) is 11.4 Å². The average Bonchev–Trinajstić information content (AvgIpc) is 2.77. The second-order valence-electron chi connectivity index (χ2n) is 7.10. The highest BCUT2D eigenvalue weighted by Crippen LogP contribution is 2.38. The molecule has 29 heavy (non-hydrogen) atoms. The number of ether oxygens (including phenoxy) is 3. The summed E-state index contributed by atoms with van der Waals surface area (Å²) >= 11 is 0. The van der Waals surface area contributed by atoms with Gasteiger partial charge in [0.25, 0.3) is 5.91 Å². The summed E-state index contributed by atoms with van der Waals surface area (Å²) in [6, 6.07) is 11.9. The van der Waals surface area contributed by atoms with Crippen LogP contribution in [0.5, 0.6) is 17.2 Å². The van der Waals surface area contributed by atoms with Crippen LogP contribution < -0.4 is 24.0 Å². The molecule has 1 fully saturated rings. The maximum absolute atomic E-state index is 13.0. The van der Waals surface area contributed by atoms with Crippen LogP contribution in [0.3, 0.4) is 0 Å². The number of nitrogens with zero attached hydrogens (tertiary/aromatic N) is 3. The molecule has 3 rings (SSSR count). The molecule has 1 aliphatic rings. The molecule has 0 radical (unpaired) electrons. The van der Waals surface area contributed by atoms with Crippen LogP contribution in [-0.2, 0) is 0 Å². The highest BCUT2D eigenvalue weighted by molar-refractivity contribution is 5.95. The normalized spacial score (nSPS) is 13.8. The van der Waals surface area contributed by atoms with Gasteiger partial charge in [0.2, 0.25) is 5.75 Å². The van der Waals surface area contributed by atoms with Gasteiger partial charge in [0.05, 0.1) is 21.3 Å². The minimum absolute atomic E-state index is 0.0353. The zero-order valence-electron chi connectivity index (χ0n) is 17.8. The summed E-state index contributed by atoms with van der Waals surface area (Å²) in [7, 11) is 8.70. The predicted octanol–water partition coefficient (Wildman–Crippen LogP) is 2.74. The smallest absolute Gasteiger partial charge is 0.254 e. The second-order valence-corrected chi connectivity index (χ2v) is 7.10. The van der Waals surface area contributed by atoms with Gasteiger partial charge in [0.15, 0.2) is 11.5 Å². The van der Waals surface area contributed by atoms with Crippen molar-refractivity contribution in [1.29, 1.82) is 0 Å². The van der Waals surface area contributed by atoms with Gasteiger partial charge in [-0.2, -0.15) is 0 Å². The molecule has 0 aromatic heterocycles. The van der Waals surface area contributed by atoms with Gasteiger partial charge < -0.3 is 28.9 Å². The van der Waals surface area contributed by atoms with Crippen molar-refractivity contribution in [2.45, 2.75) is 0 Å². The Labute approximate surface area is 172 Å². The number of anilines is 2. The van der Waals surface area contributed by atoms with Crippen molar-refractivity contribution in [1.82, 2.24) is 4.90 Å². The Balaban J connectivity index is 1.70. The minimum atomic E-state index is -0.0353. The third-order valence-corrected chi connectivity index (χ3v) is 5.21. The molecule has 0 saturated carbocycles. The SMILES string of the molecule is COc1cc(C(=O)N2CCN(c3ccc(N(C)C)cc3)CC2)cc(OC)c1OC. The molecule has 2 aromatic rings. The van der Waals surface area contributed by atoms with Crippen molar-refractivity contribution >= 4 is 17.3 Å². The van der Waals surface area contributed by atoms with Crippen molar-refractivity contribution in [2.75, 3.05) is 71.4 Å². The zero-order chi connectivity index (χ0) is 21.0. The lowest BCUT2D eigenvalue weighted by molar-refractivity contribution is 0.0746. The largest absolute Gasteiger partial charge is 0.493 e. The summed E-state index contributed by atoms with van der Waals surface area (Å²) in [6.45, 7) is 2.89. The standard InChI is InChI=1S/C22H29N3O4/c1-23(2)17-6-8-18(9-7-17)24-10-12-25(13-11-24)22(26)16-14-19(27-3)21(29-5)20(15-16)28-4/h6-9,14-15H,10-13H2,1-5H3. The molecular weight excluding hydrogens is 370 g/mol. The molecule has 0 bridgehead atoms. The number of methoxy groups -OCH3 is 3. The summed E-state index contributed by atoms with van der Waals surface area (Å²) < 4.78 is 16.1. The van der Waals surface area contributed by atoms with Gasteiger partial charge in [0, 0.05) is 57.2 Å². The van der Waals surface area contributed by atoms with Crippen molar-refractivity contribution in [2.24, 2.45) is 0 Å². The Morgan fingerprint density at radius 1 is 0.862 bits per heavy atom. The lowest BCUT2D eigenvalue weighted by Gasteiger charge is -2.36. The number of hydrogen-bond acceptors (Lipinski definition) is 6. The van der Waals surface area contributed by atoms with Crippen LogP contribution in [-0.4, -0.2) is 72.4 Å². The Bertz CT molecular complexity index is 819. The summed E-state index contributed by atoms with van der Waals surface area (Å²) in [5.74, 6) is 1.41. The maximum Gasteiger partial charge on any atom is 0.254 e. The fraction of sp³-hybridized carbons (Fsp3) is 0.409. The summed E-state index contributed by atoms with van der Waals surface area (Å²) in [5.41, 5.74) is 2.88. The number of amides is 1. The molecule has 1 amide bonds. The molecule has 156 valence electrons. The van der Waals surface area contributed by atoms with Crippen LogP contribution in [0.2, 0.25) is 0 Å². The van der Waals surface area contributed by atoms with Crippen LogP contribution in [0.1, 0.15) is 10.4 Å². The van der Waals surface area contributed by atoms with E-state index in [9.17, 15) is 4.79 Å². The van der Waals surface area contributed by atoms with E-state index in [2.05, 4.69) is 34.1 Å². The summed E-state index contributed by atoms with van der Waals surface area (Å²) in [6.07, 6.45) is 0. The van der Waals surface area contributed by atoms with Crippen molar-refractivity contribution in [3.63, 3.8) is 0 Å². The van der Waals surface area contributed by atoms with Crippen molar-refractivity contribution < 1.29 is 19.0 Å². The molecule has 1 heterocycles. The van der Waals surface area contributed by atoms with Gasteiger partial charge in [-0.15, -0.1) is 0 Å². The van der Waals surface area contributed by atoms with Crippen molar-refractivity contribution in [3.05, 3.63) is 42.0 Å². The quantitative estimate of drug-likeness (QED) is 0.745. The Morgan fingerprint density at radius 3 is 1.86 bits per heavy atom. The summed E-state index contributed by atoms with van der Waals surface area (Å²) in [5, 5.41) is 0. The zero-order valence-corrected chi connectivity index (χ0v) is 17.8. The van der Waals surface area contributed by atoms with Gasteiger partial charge in [-0.3, -0.25) is 4.79 Å². The maximum atomic E-state index is 13.0. The molecule has 0 atom stereocenters. The first kappa shape index (κ1) is 20.6. The van der Waals surface area contributed by atoms with Crippen LogP contribution in [0.25, 0.3) is 0 Å². The van der Waals surface area contributed by atoms with Gasteiger partial charge in [-0.1, -0.05) is 0 Å². The molecule has 0 spiro atoms. The minimum Gasteiger partial charge on any atom is -0.493 e. The number of rotatable bonds is 6. The Morgan fingerprint density at radius 2 is 1.41 bits per heavy atom. The molecule has 1 aliphatic heterocycles. The van der Waals surface area contributed by atoms with Gasteiger partial charge in [-0.05, 0) is 36.4 Å². The van der Waals surface area contributed by atoms with E-state index in [0.29, 0.717) is 35.9 Å². The van der Waals surface area contributed by atoms with Crippen LogP contribution >= 0.6 is 0 Å². The third-order valence-electron chi connectivity index (χ3n) is 5.21. The van der Waals surface area contributed by atoms with E-state index in [4.69, 9.17) is 14.2 Å². The summed E-state index contributed by atoms with van der Waals surface area (Å²) in [4.78, 5) is 19.3. The predicted molar refractivity (Wildman–Crippen MR) is 115 cm³/mol. The highest BCUT2D eigenvalue weighted by Gasteiger charge is 2.25. The monoisotopic (exact) mass is 399 g/mol. The fourth-order valence-electron chi connectivity index (χ4n) is 3.52. The van der Waals surface area contributed by atoms with Gasteiger partial charge in [0.1, 0.15) is 0 Å². The third kappa shape index (κ3) is 4.34.